The molecule has 0 saturated carbocycles. The summed E-state index contributed by atoms with van der Waals surface area (Å²) in [6, 6.07) is 0. The molecule has 0 aliphatic carbocycles. The van der Waals surface area contributed by atoms with Crippen LogP contribution >= 0.6 is 0 Å². The number of nitrogen functional groups attached to an aromatic ring is 1. The molecule has 0 bridgehead atoms. The molecule has 0 radical (unpaired) electrons. The molecule has 0 saturated heterocycles. The first-order valence-electron chi connectivity index (χ1n) is 4.07. The molecule has 0 aromatic carbocycles. The van der Waals surface area contributed by atoms with Gasteiger partial charge in [-0.1, -0.05) is 0 Å². The highest BCUT2D eigenvalue weighted by Gasteiger charge is 2.24. The molecule has 0 fully saturated rings. The molecule has 0 atom stereocenters. The lowest BCUT2D eigenvalue weighted by Gasteiger charge is -2.22. The van der Waals surface area contributed by atoms with Crippen LogP contribution < -0.4 is 16.8 Å². The quantitative estimate of drug-likeness (QED) is 0.615. The molecule has 1 aromatic rings. The van der Waals surface area contributed by atoms with Crippen LogP contribution in [-0.4, -0.2) is 21.4 Å². The van der Waals surface area contributed by atoms with E-state index in [-0.39, 0.29) is 0 Å². The summed E-state index contributed by atoms with van der Waals surface area (Å²) in [6.07, 6.45) is 2.85. The normalized spacial score (nSPS) is 11.0. The molecule has 1 heterocycles. The summed E-state index contributed by atoms with van der Waals surface area (Å²) in [6.45, 7) is 3.32. The van der Waals surface area contributed by atoms with Gasteiger partial charge in [-0.15, -0.1) is 0 Å². The first-order valence-corrected chi connectivity index (χ1v) is 4.07. The monoisotopic (exact) mass is 195 g/mol. The number of hydrogen-bond acceptors (Lipinski definition) is 5. The van der Waals surface area contributed by atoms with Crippen LogP contribution in [-0.2, 0) is 4.79 Å². The summed E-state index contributed by atoms with van der Waals surface area (Å²) >= 11 is 0. The second kappa shape index (κ2) is 3.49. The zero-order chi connectivity index (χ0) is 10.8. The van der Waals surface area contributed by atoms with Crippen LogP contribution in [0.25, 0.3) is 0 Å². The summed E-state index contributed by atoms with van der Waals surface area (Å²) in [5.41, 5.74) is 9.67. The Morgan fingerprint density at radius 3 is 2.50 bits per heavy atom. The minimum absolute atomic E-state index is 0.326. The molecule has 6 nitrogen and oxygen atoms in total. The molecule has 5 N–H and O–H groups in total. The van der Waals surface area contributed by atoms with Crippen molar-refractivity contribution in [2.45, 2.75) is 19.4 Å². The Hall–Kier alpha value is -1.85. The van der Waals surface area contributed by atoms with E-state index in [0.29, 0.717) is 11.6 Å². The standard InChI is InChI=1S/C8H13N5O/c1-8(2,7(10)14)13-6-4-11-5(9)3-12-6/h3-4H,1-2H3,(H2,9,11)(H2,10,14)(H,12,13). The maximum absolute atomic E-state index is 11.0. The van der Waals surface area contributed by atoms with E-state index in [1.807, 2.05) is 0 Å². The molecule has 6 heteroatoms. The van der Waals surface area contributed by atoms with E-state index in [9.17, 15) is 4.79 Å². The van der Waals surface area contributed by atoms with Gasteiger partial charge in [0.2, 0.25) is 5.91 Å². The maximum Gasteiger partial charge on any atom is 0.242 e. The number of primary amides is 1. The van der Waals surface area contributed by atoms with Crippen LogP contribution in [0, 0.1) is 0 Å². The van der Waals surface area contributed by atoms with Gasteiger partial charge in [-0.2, -0.15) is 0 Å². The minimum atomic E-state index is -0.856. The molecule has 76 valence electrons. The fourth-order valence-corrected chi connectivity index (χ4v) is 0.784. The van der Waals surface area contributed by atoms with Crippen LogP contribution in [0.2, 0.25) is 0 Å². The zero-order valence-electron chi connectivity index (χ0n) is 8.11. The Bertz CT molecular complexity index is 332. The highest BCUT2D eigenvalue weighted by Crippen LogP contribution is 2.11. The Kier molecular flexibility index (Phi) is 2.55. The van der Waals surface area contributed by atoms with Crippen LogP contribution in [0.5, 0.6) is 0 Å². The molecule has 1 aromatic heterocycles. The Labute approximate surface area is 81.7 Å². The molecule has 1 rings (SSSR count). The number of carbonyl (C=O) groups excluding carboxylic acids is 1. The van der Waals surface area contributed by atoms with Crippen molar-refractivity contribution in [2.75, 3.05) is 11.1 Å². The van der Waals surface area contributed by atoms with Crippen molar-refractivity contribution in [1.82, 2.24) is 9.97 Å². The second-order valence-corrected chi connectivity index (χ2v) is 3.44. The van der Waals surface area contributed by atoms with E-state index < -0.39 is 11.4 Å². The molecule has 14 heavy (non-hydrogen) atoms. The number of amides is 1. The highest BCUT2D eigenvalue weighted by molar-refractivity contribution is 5.86. The first-order chi connectivity index (χ1) is 6.42. The van der Waals surface area contributed by atoms with E-state index in [1.54, 1.807) is 13.8 Å². The third-order valence-corrected chi connectivity index (χ3v) is 1.73. The van der Waals surface area contributed by atoms with Crippen molar-refractivity contribution in [2.24, 2.45) is 5.73 Å². The fourth-order valence-electron chi connectivity index (χ4n) is 0.784. The molecular formula is C8H13N5O. The van der Waals surface area contributed by atoms with Gasteiger partial charge in [0.15, 0.2) is 0 Å². The van der Waals surface area contributed by atoms with Crippen LogP contribution in [0.4, 0.5) is 11.6 Å². The predicted molar refractivity (Wildman–Crippen MR) is 53.3 cm³/mol. The van der Waals surface area contributed by atoms with E-state index in [4.69, 9.17) is 11.5 Å². The molecule has 0 unspecified atom stereocenters. The Balaban J connectivity index is 2.79. The van der Waals surface area contributed by atoms with Gasteiger partial charge in [0, 0.05) is 0 Å². The summed E-state index contributed by atoms with van der Waals surface area (Å²) < 4.78 is 0. The highest BCUT2D eigenvalue weighted by atomic mass is 16.1. The molecule has 1 amide bonds. The lowest BCUT2D eigenvalue weighted by atomic mass is 10.1. The van der Waals surface area contributed by atoms with Gasteiger partial charge in [0.1, 0.15) is 17.2 Å². The largest absolute Gasteiger partial charge is 0.382 e. The van der Waals surface area contributed by atoms with Crippen molar-refractivity contribution < 1.29 is 4.79 Å². The summed E-state index contributed by atoms with van der Waals surface area (Å²) in [7, 11) is 0. The number of nitrogens with zero attached hydrogens (tertiary/aromatic N) is 2. The SMILES string of the molecule is CC(C)(Nc1cnc(N)cn1)C(N)=O. The Morgan fingerprint density at radius 2 is 2.07 bits per heavy atom. The van der Waals surface area contributed by atoms with Gasteiger partial charge in [0.05, 0.1) is 12.4 Å². The molecule has 0 spiro atoms. The van der Waals surface area contributed by atoms with Gasteiger partial charge in [-0.3, -0.25) is 4.79 Å². The van der Waals surface area contributed by atoms with Crippen molar-refractivity contribution >= 4 is 17.5 Å². The van der Waals surface area contributed by atoms with E-state index in [2.05, 4.69) is 15.3 Å². The maximum atomic E-state index is 11.0. The van der Waals surface area contributed by atoms with Gasteiger partial charge >= 0.3 is 0 Å². The third kappa shape index (κ3) is 2.32. The first kappa shape index (κ1) is 10.2. The third-order valence-electron chi connectivity index (χ3n) is 1.73. The number of hydrogen-bond donors (Lipinski definition) is 3. The molecule has 0 aliphatic heterocycles. The van der Waals surface area contributed by atoms with E-state index >= 15 is 0 Å². The van der Waals surface area contributed by atoms with Gasteiger partial charge in [0.25, 0.3) is 0 Å². The lowest BCUT2D eigenvalue weighted by molar-refractivity contribution is -0.121. The average Bonchev–Trinajstić information content (AvgIpc) is 2.08. The van der Waals surface area contributed by atoms with Crippen LogP contribution in [0.3, 0.4) is 0 Å². The van der Waals surface area contributed by atoms with Crippen molar-refractivity contribution in [3.63, 3.8) is 0 Å². The number of rotatable bonds is 3. The average molecular weight is 195 g/mol. The minimum Gasteiger partial charge on any atom is -0.382 e. The predicted octanol–water partition coefficient (Wildman–Crippen LogP) is -0.265. The molecule has 0 aliphatic rings. The Morgan fingerprint density at radius 1 is 1.43 bits per heavy atom. The van der Waals surface area contributed by atoms with Crippen molar-refractivity contribution in [1.29, 1.82) is 0 Å². The summed E-state index contributed by atoms with van der Waals surface area (Å²) in [4.78, 5) is 18.7. The second-order valence-electron chi connectivity index (χ2n) is 3.44. The fraction of sp³-hybridized carbons (Fsp3) is 0.375. The summed E-state index contributed by atoms with van der Waals surface area (Å²) in [5, 5.41) is 2.84. The summed E-state index contributed by atoms with van der Waals surface area (Å²) in [5.74, 6) is 0.326. The lowest BCUT2D eigenvalue weighted by Crippen LogP contribution is -2.45. The number of aromatic nitrogens is 2. The van der Waals surface area contributed by atoms with E-state index in [0.717, 1.165) is 0 Å². The van der Waals surface area contributed by atoms with Gasteiger partial charge in [-0.25, -0.2) is 9.97 Å². The van der Waals surface area contributed by atoms with Crippen LogP contribution in [0.15, 0.2) is 12.4 Å². The number of nitrogens with one attached hydrogen (secondary N) is 1. The van der Waals surface area contributed by atoms with Gasteiger partial charge < -0.3 is 16.8 Å². The zero-order valence-corrected chi connectivity index (χ0v) is 8.11. The van der Waals surface area contributed by atoms with Crippen molar-refractivity contribution in [3.8, 4) is 0 Å². The number of carbonyl (C=O) groups is 1. The number of anilines is 2. The van der Waals surface area contributed by atoms with E-state index in [1.165, 1.54) is 12.4 Å². The smallest absolute Gasteiger partial charge is 0.242 e. The van der Waals surface area contributed by atoms with Crippen LogP contribution in [0.1, 0.15) is 13.8 Å². The van der Waals surface area contributed by atoms with Crippen molar-refractivity contribution in [3.05, 3.63) is 12.4 Å². The topological polar surface area (TPSA) is 107 Å². The number of nitrogens with two attached hydrogens (primary N) is 2. The van der Waals surface area contributed by atoms with Gasteiger partial charge in [-0.05, 0) is 13.8 Å². The molecular weight excluding hydrogens is 182 g/mol.